The van der Waals surface area contributed by atoms with Crippen LogP contribution in [0.3, 0.4) is 0 Å². The van der Waals surface area contributed by atoms with Crippen LogP contribution in [-0.4, -0.2) is 46.6 Å². The van der Waals surface area contributed by atoms with E-state index in [2.05, 4.69) is 9.97 Å². The van der Waals surface area contributed by atoms with E-state index < -0.39 is 0 Å². The molecule has 2 fully saturated rings. The van der Waals surface area contributed by atoms with Crippen molar-refractivity contribution in [3.05, 3.63) is 24.3 Å². The third-order valence-corrected chi connectivity index (χ3v) is 3.48. The Morgan fingerprint density at radius 1 is 1.39 bits per heavy atom. The molecule has 1 saturated carbocycles. The molecule has 1 atom stereocenters. The van der Waals surface area contributed by atoms with Crippen LogP contribution in [-0.2, 0) is 4.74 Å². The van der Waals surface area contributed by atoms with Gasteiger partial charge in [-0.05, 0) is 25.2 Å². The predicted octanol–water partition coefficient (Wildman–Crippen LogP) is 1.12. The maximum Gasteiger partial charge on any atom is 0.274 e. The average molecular weight is 247 g/mol. The van der Waals surface area contributed by atoms with Crippen molar-refractivity contribution in [2.75, 3.05) is 19.7 Å². The van der Waals surface area contributed by atoms with Gasteiger partial charge in [-0.15, -0.1) is 0 Å². The lowest BCUT2D eigenvalue weighted by Crippen LogP contribution is -2.31. The summed E-state index contributed by atoms with van der Waals surface area (Å²) in [7, 11) is 0. The van der Waals surface area contributed by atoms with Crippen LogP contribution in [0, 0.1) is 5.92 Å². The van der Waals surface area contributed by atoms with Crippen LogP contribution in [0.25, 0.3) is 0 Å². The van der Waals surface area contributed by atoms with Crippen molar-refractivity contribution in [3.8, 4) is 0 Å². The predicted molar refractivity (Wildman–Crippen MR) is 65.0 cm³/mol. The summed E-state index contributed by atoms with van der Waals surface area (Å²) in [5.74, 6) is 0.732. The van der Waals surface area contributed by atoms with E-state index in [-0.39, 0.29) is 12.0 Å². The van der Waals surface area contributed by atoms with Gasteiger partial charge in [-0.3, -0.25) is 9.78 Å². The molecule has 2 heterocycles. The molecule has 0 bridgehead atoms. The molecule has 0 radical (unpaired) electrons. The zero-order valence-corrected chi connectivity index (χ0v) is 10.3. The second-order valence-electron chi connectivity index (χ2n) is 5.03. The van der Waals surface area contributed by atoms with Crippen LogP contribution >= 0.6 is 0 Å². The van der Waals surface area contributed by atoms with Gasteiger partial charge in [-0.25, -0.2) is 4.98 Å². The summed E-state index contributed by atoms with van der Waals surface area (Å²) in [4.78, 5) is 21.9. The van der Waals surface area contributed by atoms with Gasteiger partial charge in [0.15, 0.2) is 0 Å². The van der Waals surface area contributed by atoms with Crippen molar-refractivity contribution in [2.45, 2.75) is 25.4 Å². The highest BCUT2D eigenvalue weighted by Gasteiger charge is 2.30. The first-order valence-corrected chi connectivity index (χ1v) is 6.50. The van der Waals surface area contributed by atoms with Crippen LogP contribution in [0.2, 0.25) is 0 Å². The molecular weight excluding hydrogens is 230 g/mol. The standard InChI is InChI=1S/C13H17N3O2/c17-13(12-7-14-4-5-15-12)16-6-3-11(8-16)18-9-10-1-2-10/h4-5,7,10-11H,1-3,6,8-9H2/t11-/m1/s1. The van der Waals surface area contributed by atoms with Crippen LogP contribution in [0.4, 0.5) is 0 Å². The van der Waals surface area contributed by atoms with Gasteiger partial charge in [0.1, 0.15) is 5.69 Å². The Labute approximate surface area is 106 Å². The highest BCUT2D eigenvalue weighted by Crippen LogP contribution is 2.30. The summed E-state index contributed by atoms with van der Waals surface area (Å²) in [6, 6.07) is 0. The van der Waals surface area contributed by atoms with Crippen LogP contribution in [0.5, 0.6) is 0 Å². The molecule has 0 spiro atoms. The Morgan fingerprint density at radius 3 is 3.00 bits per heavy atom. The number of hydrogen-bond donors (Lipinski definition) is 0. The van der Waals surface area contributed by atoms with E-state index in [0.29, 0.717) is 12.2 Å². The smallest absolute Gasteiger partial charge is 0.274 e. The number of ether oxygens (including phenoxy) is 1. The zero-order valence-electron chi connectivity index (χ0n) is 10.3. The molecule has 2 aliphatic rings. The molecule has 5 nitrogen and oxygen atoms in total. The summed E-state index contributed by atoms with van der Waals surface area (Å²) >= 11 is 0. The Kier molecular flexibility index (Phi) is 3.23. The van der Waals surface area contributed by atoms with Crippen LogP contribution in [0.15, 0.2) is 18.6 Å². The second kappa shape index (κ2) is 5.02. The summed E-state index contributed by atoms with van der Waals surface area (Å²) in [6.07, 6.45) is 8.36. The fourth-order valence-electron chi connectivity index (χ4n) is 2.18. The fraction of sp³-hybridized carbons (Fsp3) is 0.615. The summed E-state index contributed by atoms with van der Waals surface area (Å²) in [5.41, 5.74) is 0.417. The Morgan fingerprint density at radius 2 is 2.28 bits per heavy atom. The normalized spacial score (nSPS) is 23.3. The lowest BCUT2D eigenvalue weighted by Gasteiger charge is -2.16. The fourth-order valence-corrected chi connectivity index (χ4v) is 2.18. The van der Waals surface area contributed by atoms with Gasteiger partial charge in [0.25, 0.3) is 5.91 Å². The largest absolute Gasteiger partial charge is 0.376 e. The molecule has 18 heavy (non-hydrogen) atoms. The summed E-state index contributed by atoms with van der Waals surface area (Å²) in [6.45, 7) is 2.30. The Balaban J connectivity index is 1.53. The van der Waals surface area contributed by atoms with Crippen molar-refractivity contribution >= 4 is 5.91 Å². The Bertz CT molecular complexity index is 420. The van der Waals surface area contributed by atoms with E-state index in [0.717, 1.165) is 25.5 Å². The molecule has 1 aromatic heterocycles. The van der Waals surface area contributed by atoms with Crippen molar-refractivity contribution in [3.63, 3.8) is 0 Å². The van der Waals surface area contributed by atoms with E-state index in [9.17, 15) is 4.79 Å². The highest BCUT2D eigenvalue weighted by atomic mass is 16.5. The molecule has 0 N–H and O–H groups in total. The Hall–Kier alpha value is -1.49. The number of rotatable bonds is 4. The number of carbonyl (C=O) groups excluding carboxylic acids is 1. The van der Waals surface area contributed by atoms with Crippen molar-refractivity contribution in [1.29, 1.82) is 0 Å². The first-order valence-electron chi connectivity index (χ1n) is 6.50. The highest BCUT2D eigenvalue weighted by molar-refractivity contribution is 5.92. The molecule has 5 heteroatoms. The first kappa shape index (κ1) is 11.6. The minimum atomic E-state index is -0.0411. The number of likely N-dealkylation sites (tertiary alicyclic amines) is 1. The molecule has 1 saturated heterocycles. The summed E-state index contributed by atoms with van der Waals surface area (Å²) < 4.78 is 5.81. The van der Waals surface area contributed by atoms with Gasteiger partial charge in [0.2, 0.25) is 0 Å². The monoisotopic (exact) mass is 247 g/mol. The van der Waals surface area contributed by atoms with Crippen molar-refractivity contribution in [2.24, 2.45) is 5.92 Å². The van der Waals surface area contributed by atoms with E-state index in [1.807, 2.05) is 4.90 Å². The van der Waals surface area contributed by atoms with Gasteiger partial charge < -0.3 is 9.64 Å². The third-order valence-electron chi connectivity index (χ3n) is 3.48. The lowest BCUT2D eigenvalue weighted by atomic mass is 10.3. The topological polar surface area (TPSA) is 55.3 Å². The minimum absolute atomic E-state index is 0.0411. The van der Waals surface area contributed by atoms with Gasteiger partial charge in [-0.1, -0.05) is 0 Å². The van der Waals surface area contributed by atoms with Crippen LogP contribution < -0.4 is 0 Å². The number of carbonyl (C=O) groups is 1. The molecule has 1 aliphatic heterocycles. The average Bonchev–Trinajstić information content (AvgIpc) is 3.14. The second-order valence-corrected chi connectivity index (χ2v) is 5.03. The SMILES string of the molecule is O=C(c1cnccn1)N1CC[C@@H](OCC2CC2)C1. The molecule has 1 amide bonds. The van der Waals surface area contributed by atoms with Gasteiger partial charge in [-0.2, -0.15) is 0 Å². The lowest BCUT2D eigenvalue weighted by molar-refractivity contribution is 0.0479. The van der Waals surface area contributed by atoms with Gasteiger partial charge >= 0.3 is 0 Å². The maximum absolute atomic E-state index is 12.1. The number of amides is 1. The van der Waals surface area contributed by atoms with E-state index in [1.54, 1.807) is 12.4 Å². The molecule has 0 unspecified atom stereocenters. The minimum Gasteiger partial charge on any atom is -0.376 e. The number of aromatic nitrogens is 2. The quantitative estimate of drug-likeness (QED) is 0.800. The zero-order chi connectivity index (χ0) is 12.4. The van der Waals surface area contributed by atoms with Crippen LogP contribution in [0.1, 0.15) is 29.8 Å². The number of hydrogen-bond acceptors (Lipinski definition) is 4. The van der Waals surface area contributed by atoms with E-state index in [4.69, 9.17) is 4.74 Å². The van der Waals surface area contributed by atoms with Crippen molar-refractivity contribution in [1.82, 2.24) is 14.9 Å². The summed E-state index contributed by atoms with van der Waals surface area (Å²) in [5, 5.41) is 0. The molecule has 1 aromatic rings. The molecule has 0 aromatic carbocycles. The number of nitrogens with zero attached hydrogens (tertiary/aromatic N) is 3. The van der Waals surface area contributed by atoms with Gasteiger partial charge in [0, 0.05) is 32.1 Å². The first-order chi connectivity index (χ1) is 8.83. The third kappa shape index (κ3) is 2.67. The van der Waals surface area contributed by atoms with Crippen molar-refractivity contribution < 1.29 is 9.53 Å². The maximum atomic E-state index is 12.1. The van der Waals surface area contributed by atoms with E-state index >= 15 is 0 Å². The molecular formula is C13H17N3O2. The van der Waals surface area contributed by atoms with Gasteiger partial charge in [0.05, 0.1) is 12.3 Å². The molecule has 3 rings (SSSR count). The molecule has 1 aliphatic carbocycles. The van der Waals surface area contributed by atoms with E-state index in [1.165, 1.54) is 19.0 Å². The molecule has 96 valence electrons.